The molecule has 0 aliphatic heterocycles. The second-order valence-corrected chi connectivity index (χ2v) is 20.0. The first-order chi connectivity index (χ1) is 38.2. The third kappa shape index (κ3) is 57.1. The molecule has 460 valence electrons. The van der Waals surface area contributed by atoms with Crippen LogP contribution in [0.25, 0.3) is 0 Å². The van der Waals surface area contributed by atoms with E-state index in [2.05, 4.69) is 85.1 Å². The molecule has 0 bridgehead atoms. The highest BCUT2D eigenvalue weighted by Crippen LogP contribution is 2.37. The largest absolute Gasteiger partial charge is 0.504 e. The molecule has 0 aliphatic carbocycles. The van der Waals surface area contributed by atoms with Gasteiger partial charge in [-0.05, 0) is 100 Å². The number of methoxy groups -OCH3 is 4. The molecule has 0 fully saturated rings. The number of unbranched alkanes of at least 4 members (excludes halogenated alkanes) is 2. The second-order valence-electron chi connectivity index (χ2n) is 14.7. The molecular weight excluding hydrogens is 1300 g/mol. The number of nitro benzene ring substituents is 1. The molecule has 4 aromatic carbocycles. The molecule has 14 nitrogen and oxygen atoms in total. The van der Waals surface area contributed by atoms with E-state index in [1.807, 2.05) is 19.9 Å². The first-order valence-corrected chi connectivity index (χ1v) is 30.5. The number of rotatable bonds is 22. The lowest BCUT2D eigenvalue weighted by Crippen LogP contribution is -2.00. The summed E-state index contributed by atoms with van der Waals surface area (Å²) in [6, 6.07) is 18.0. The predicted octanol–water partition coefficient (Wildman–Crippen LogP) is 19.4. The number of nitrogens with zero attached hydrogens (tertiary/aromatic N) is 2. The zero-order valence-corrected chi connectivity index (χ0v) is 57.2. The van der Waals surface area contributed by atoms with Gasteiger partial charge >= 0.3 is 0 Å². The number of halogens is 9. The van der Waals surface area contributed by atoms with Crippen LogP contribution in [0.5, 0.6) is 46.0 Å². The van der Waals surface area contributed by atoms with Crippen molar-refractivity contribution in [3.63, 3.8) is 0 Å². The third-order valence-electron chi connectivity index (χ3n) is 7.83. The first kappa shape index (κ1) is 88.5. The van der Waals surface area contributed by atoms with E-state index in [1.165, 1.54) is 38.8 Å². The monoisotopic (exact) mass is 1380 g/mol. The molecule has 0 aromatic heterocycles. The Balaban J connectivity index is -0.000000201. The van der Waals surface area contributed by atoms with E-state index in [0.29, 0.717) is 75.3 Å². The van der Waals surface area contributed by atoms with Gasteiger partial charge in [0.05, 0.1) is 64.4 Å². The fourth-order valence-corrected chi connectivity index (χ4v) is 5.85. The quantitative estimate of drug-likeness (QED) is 0.0128. The molecule has 0 heterocycles. The van der Waals surface area contributed by atoms with Gasteiger partial charge in [-0.15, -0.1) is 23.2 Å². The van der Waals surface area contributed by atoms with Gasteiger partial charge < -0.3 is 49.7 Å². The normalized spacial score (nSPS) is 8.97. The van der Waals surface area contributed by atoms with E-state index < -0.39 is 4.92 Å². The van der Waals surface area contributed by atoms with Gasteiger partial charge in [-0.1, -0.05) is 165 Å². The zero-order valence-electron chi connectivity index (χ0n) is 48.0. The Labute approximate surface area is 537 Å². The van der Waals surface area contributed by atoms with Crippen LogP contribution in [-0.2, 0) is 0 Å². The Bertz CT molecular complexity index is 2080. The fraction of sp³-hybridized carbons (Fsp3) is 0.527. The Hall–Kier alpha value is -2.71. The molecule has 0 saturated carbocycles. The van der Waals surface area contributed by atoms with Crippen LogP contribution < -0.4 is 44.6 Å². The Morgan fingerprint density at radius 1 is 0.625 bits per heavy atom. The number of nitro groups is 1. The smallest absolute Gasteiger partial charge is 0.291 e. The van der Waals surface area contributed by atoms with E-state index in [0.717, 1.165) is 88.0 Å². The summed E-state index contributed by atoms with van der Waals surface area (Å²) in [6.07, 6.45) is 9.32. The van der Waals surface area contributed by atoms with Crippen LogP contribution in [0.3, 0.4) is 0 Å². The van der Waals surface area contributed by atoms with Crippen molar-refractivity contribution < 1.29 is 43.2 Å². The SMILES string of the molecule is CCC.CCCCOc1cc([N+](=O)[O-])c(Cl)cc1OC.CCCCOc1ccc(Cl)cc1OC.CCCN.CCCN=C=S.CCN.COc1cc(Cl)ccc1O.COc1cc(Cl)ccc1OCCCCl.ClCCCBr.S=C(Cl)Cl. The van der Waals surface area contributed by atoms with E-state index in [-0.39, 0.29) is 20.2 Å². The number of aliphatic imine (C=N–C) groups is 1. The summed E-state index contributed by atoms with van der Waals surface area (Å²) in [6.45, 7) is 18.6. The summed E-state index contributed by atoms with van der Waals surface area (Å²) in [5.41, 5.74) is 9.69. The van der Waals surface area contributed by atoms with Crippen molar-refractivity contribution in [2.75, 3.05) is 85.0 Å². The molecule has 4 rings (SSSR count). The molecule has 0 radical (unpaired) electrons. The second kappa shape index (κ2) is 67.1. The van der Waals surface area contributed by atoms with E-state index in [1.54, 1.807) is 56.7 Å². The summed E-state index contributed by atoms with van der Waals surface area (Å²) in [4.78, 5) is 13.8. The molecule has 25 heteroatoms. The molecule has 0 spiro atoms. The number of isothiocyanates is 1. The molecule has 0 atom stereocenters. The minimum atomic E-state index is -0.547. The number of phenolic OH excluding ortho intramolecular Hbond substituents is 1. The summed E-state index contributed by atoms with van der Waals surface area (Å²) >= 11 is 54.9. The number of hydrogen-bond acceptors (Lipinski definition) is 15. The van der Waals surface area contributed by atoms with Crippen molar-refractivity contribution in [3.05, 3.63) is 96.9 Å². The highest BCUT2D eigenvalue weighted by atomic mass is 79.9. The predicted molar refractivity (Wildman–Crippen MR) is 356 cm³/mol. The Morgan fingerprint density at radius 2 is 0.988 bits per heavy atom. The van der Waals surface area contributed by atoms with Crippen LogP contribution in [0.4, 0.5) is 5.69 Å². The van der Waals surface area contributed by atoms with E-state index in [9.17, 15) is 10.1 Å². The number of hydrogen-bond donors (Lipinski definition) is 3. The van der Waals surface area contributed by atoms with Crippen LogP contribution in [0.15, 0.2) is 71.7 Å². The van der Waals surface area contributed by atoms with Gasteiger partial charge in [-0.25, -0.2) is 4.99 Å². The minimum Gasteiger partial charge on any atom is -0.504 e. The maximum atomic E-state index is 10.7. The van der Waals surface area contributed by atoms with Gasteiger partial charge in [0.15, 0.2) is 49.8 Å². The maximum Gasteiger partial charge on any atom is 0.291 e. The van der Waals surface area contributed by atoms with Gasteiger partial charge in [-0.2, -0.15) is 0 Å². The number of ether oxygens (including phenoxy) is 7. The van der Waals surface area contributed by atoms with Crippen molar-refractivity contribution in [1.82, 2.24) is 0 Å². The molecule has 5 N–H and O–H groups in total. The van der Waals surface area contributed by atoms with Crippen LogP contribution in [-0.4, -0.2) is 104 Å². The summed E-state index contributed by atoms with van der Waals surface area (Å²) in [7, 11) is 6.13. The average molecular weight is 1390 g/mol. The number of thiocarbonyl (C=S) groups is 2. The van der Waals surface area contributed by atoms with Gasteiger partial charge in [0, 0.05) is 63.0 Å². The van der Waals surface area contributed by atoms with Crippen LogP contribution >= 0.6 is 133 Å². The molecule has 0 saturated heterocycles. The van der Waals surface area contributed by atoms with E-state index in [4.69, 9.17) is 143 Å². The zero-order chi connectivity index (χ0) is 62.5. The maximum absolute atomic E-state index is 10.7. The van der Waals surface area contributed by atoms with Crippen LogP contribution in [0, 0.1) is 10.1 Å². The summed E-state index contributed by atoms with van der Waals surface area (Å²) < 4.78 is 36.5. The van der Waals surface area contributed by atoms with Crippen molar-refractivity contribution in [3.8, 4) is 46.0 Å². The number of benzene rings is 4. The van der Waals surface area contributed by atoms with Crippen molar-refractivity contribution in [2.24, 2.45) is 16.5 Å². The number of phenols is 1. The molecule has 80 heavy (non-hydrogen) atoms. The molecule has 0 unspecified atom stereocenters. The van der Waals surface area contributed by atoms with Crippen LogP contribution in [0.1, 0.15) is 106 Å². The molecule has 0 aliphatic rings. The summed E-state index contributed by atoms with van der Waals surface area (Å²) in [5.74, 6) is 5.39. The van der Waals surface area contributed by atoms with Gasteiger partial charge in [0.25, 0.3) is 5.69 Å². The summed E-state index contributed by atoms with van der Waals surface area (Å²) in [5, 5.41) is 25.0. The lowest BCUT2D eigenvalue weighted by molar-refractivity contribution is -0.384. The number of alkyl halides is 3. The van der Waals surface area contributed by atoms with Crippen molar-refractivity contribution >= 4 is 148 Å². The van der Waals surface area contributed by atoms with E-state index >= 15 is 0 Å². The Morgan fingerprint density at radius 3 is 1.27 bits per heavy atom. The van der Waals surface area contributed by atoms with Gasteiger partial charge in [0.2, 0.25) is 0 Å². The topological polar surface area (TPSA) is 192 Å². The minimum absolute atomic E-state index is 0.0368. The van der Waals surface area contributed by atoms with Crippen LogP contribution in [0.2, 0.25) is 20.1 Å². The first-order valence-electron chi connectivity index (χ1n) is 25.3. The lowest BCUT2D eigenvalue weighted by Gasteiger charge is -2.10. The molecule has 0 amide bonds. The van der Waals surface area contributed by atoms with Gasteiger partial charge in [0.1, 0.15) is 5.02 Å². The Kier molecular flexibility index (Phi) is 74.2. The average Bonchev–Trinajstić information content (AvgIpc) is 3.43. The fourth-order valence-electron chi connectivity index (χ4n) is 4.21. The molecular formula is C55H85BrCl8N4O10S2. The van der Waals surface area contributed by atoms with Crippen molar-refractivity contribution in [2.45, 2.75) is 106 Å². The highest BCUT2D eigenvalue weighted by Gasteiger charge is 2.18. The standard InChI is InChI=1S/C11H14ClNO4.C11H15ClO2.C10H12Cl2O2.C7H7ClO2.C4H7NS.C3H6BrCl.C3H9N.C3H8.C2H7N.CCl2S/c1-3-4-5-17-11-7-9(13(14)15)8(12)6-10(11)16-2;1-3-4-7-14-10-6-5-9(12)8-11(10)13-2;1-13-10-7-8(12)3-4-9(10)14-6-2-5-11;1-10-7-4-5(8)2-3-6(7)9;1-2-3-5-4-6;4-2-1-3-5;1-2-3-4;1-3-2;1-2-3;2-1(3)4/h6-7H,3-5H2,1-2H3;5-6,8H,3-4,7H2,1-2H3;3-4,7H,2,5-6H2,1H3;2-4,9H,1H3;2-3H2,1H3;1-3H2;2-4H2,1H3;3H2,1-2H3;2-3H2,1H3;. The lowest BCUT2D eigenvalue weighted by atomic mass is 10.2. The number of nitrogens with two attached hydrogens (primary N) is 2. The third-order valence-corrected chi connectivity index (χ3v) is 10.1. The molecule has 4 aromatic rings. The number of aromatic hydroxyl groups is 1. The highest BCUT2D eigenvalue weighted by molar-refractivity contribution is 9.09. The van der Waals surface area contributed by atoms with Crippen molar-refractivity contribution in [1.29, 1.82) is 0 Å². The van der Waals surface area contributed by atoms with Gasteiger partial charge in [-0.3, -0.25) is 10.1 Å².